The SMILES string of the molecule is Cc1c(C)c2c(c(C)c1O)CC(C)OC2. The molecule has 2 rings (SSSR count). The van der Waals surface area contributed by atoms with E-state index in [1.165, 1.54) is 16.7 Å². The molecule has 0 aliphatic carbocycles. The van der Waals surface area contributed by atoms with Crippen molar-refractivity contribution in [1.82, 2.24) is 0 Å². The van der Waals surface area contributed by atoms with Crippen LogP contribution in [0.5, 0.6) is 5.75 Å². The zero-order valence-electron chi connectivity index (χ0n) is 9.85. The average Bonchev–Trinajstić information content (AvgIpc) is 2.23. The molecule has 1 aliphatic rings. The van der Waals surface area contributed by atoms with Crippen molar-refractivity contribution in [2.75, 3.05) is 0 Å². The molecule has 82 valence electrons. The lowest BCUT2D eigenvalue weighted by Gasteiger charge is -2.27. The Morgan fingerprint density at radius 2 is 1.73 bits per heavy atom. The van der Waals surface area contributed by atoms with Crippen molar-refractivity contribution in [3.8, 4) is 5.75 Å². The minimum Gasteiger partial charge on any atom is -0.507 e. The van der Waals surface area contributed by atoms with Crippen LogP contribution in [0, 0.1) is 20.8 Å². The third-order valence-electron chi connectivity index (χ3n) is 3.55. The van der Waals surface area contributed by atoms with Gasteiger partial charge in [-0.25, -0.2) is 0 Å². The molecule has 2 nitrogen and oxygen atoms in total. The lowest BCUT2D eigenvalue weighted by atomic mass is 9.88. The highest BCUT2D eigenvalue weighted by Gasteiger charge is 2.22. The number of rotatable bonds is 0. The van der Waals surface area contributed by atoms with Crippen LogP contribution in [0.15, 0.2) is 0 Å². The standard InChI is InChI=1S/C13H18O2/c1-7-5-11-10(4)13(14)9(3)8(2)12(11)6-15-7/h7,14H,5-6H2,1-4H3. The fraction of sp³-hybridized carbons (Fsp3) is 0.538. The lowest BCUT2D eigenvalue weighted by Crippen LogP contribution is -2.21. The van der Waals surface area contributed by atoms with Crippen LogP contribution in [-0.4, -0.2) is 11.2 Å². The van der Waals surface area contributed by atoms with E-state index in [0.717, 1.165) is 17.5 Å². The highest BCUT2D eigenvalue weighted by Crippen LogP contribution is 2.35. The van der Waals surface area contributed by atoms with Crippen LogP contribution in [0.1, 0.15) is 34.7 Å². The van der Waals surface area contributed by atoms with E-state index in [1.54, 1.807) is 0 Å². The van der Waals surface area contributed by atoms with Gasteiger partial charge in [-0.2, -0.15) is 0 Å². The number of phenolic OH excluding ortho intramolecular Hbond substituents is 1. The van der Waals surface area contributed by atoms with Gasteiger partial charge >= 0.3 is 0 Å². The molecule has 1 unspecified atom stereocenters. The molecule has 1 aromatic carbocycles. The minimum atomic E-state index is 0.262. The Morgan fingerprint density at radius 3 is 2.40 bits per heavy atom. The van der Waals surface area contributed by atoms with Crippen molar-refractivity contribution in [1.29, 1.82) is 0 Å². The van der Waals surface area contributed by atoms with Crippen LogP contribution >= 0.6 is 0 Å². The first-order valence-corrected chi connectivity index (χ1v) is 5.44. The maximum atomic E-state index is 9.99. The van der Waals surface area contributed by atoms with Gasteiger partial charge in [-0.3, -0.25) is 0 Å². The Morgan fingerprint density at radius 1 is 1.07 bits per heavy atom. The number of hydrogen-bond donors (Lipinski definition) is 1. The van der Waals surface area contributed by atoms with Crippen molar-refractivity contribution in [2.45, 2.75) is 46.8 Å². The third kappa shape index (κ3) is 1.53. The summed E-state index contributed by atoms with van der Waals surface area (Å²) in [6.07, 6.45) is 1.17. The monoisotopic (exact) mass is 206 g/mol. The molecule has 0 bridgehead atoms. The topological polar surface area (TPSA) is 29.5 Å². The van der Waals surface area contributed by atoms with Gasteiger partial charge in [-0.1, -0.05) is 0 Å². The number of benzene rings is 1. The zero-order valence-corrected chi connectivity index (χ0v) is 9.85. The fourth-order valence-corrected chi connectivity index (χ4v) is 2.32. The number of ether oxygens (including phenoxy) is 1. The van der Waals surface area contributed by atoms with Crippen LogP contribution < -0.4 is 0 Å². The van der Waals surface area contributed by atoms with Crippen LogP contribution in [0.25, 0.3) is 0 Å². The predicted octanol–water partition coefficient (Wildman–Crippen LogP) is 2.78. The maximum Gasteiger partial charge on any atom is 0.121 e. The quantitative estimate of drug-likeness (QED) is 0.707. The van der Waals surface area contributed by atoms with Gasteiger partial charge in [0.05, 0.1) is 12.7 Å². The number of phenols is 1. The molecular weight excluding hydrogens is 188 g/mol. The minimum absolute atomic E-state index is 0.262. The van der Waals surface area contributed by atoms with Crippen LogP contribution in [0.3, 0.4) is 0 Å². The molecule has 15 heavy (non-hydrogen) atoms. The van der Waals surface area contributed by atoms with Crippen molar-refractivity contribution >= 4 is 0 Å². The van der Waals surface area contributed by atoms with Gasteiger partial charge in [0.15, 0.2) is 0 Å². The molecule has 0 spiro atoms. The molecule has 1 atom stereocenters. The summed E-state index contributed by atoms with van der Waals surface area (Å²) in [4.78, 5) is 0. The van der Waals surface area contributed by atoms with Gasteiger partial charge in [0.1, 0.15) is 5.75 Å². The number of hydrogen-bond acceptors (Lipinski definition) is 2. The lowest BCUT2D eigenvalue weighted by molar-refractivity contribution is 0.0403. The molecule has 1 heterocycles. The summed E-state index contributed by atoms with van der Waals surface area (Å²) < 4.78 is 5.65. The van der Waals surface area contributed by atoms with Crippen LogP contribution in [0.2, 0.25) is 0 Å². The molecular formula is C13H18O2. The number of fused-ring (bicyclic) bond motifs is 1. The summed E-state index contributed by atoms with van der Waals surface area (Å²) in [6.45, 7) is 8.79. The summed E-state index contributed by atoms with van der Waals surface area (Å²) in [5.41, 5.74) is 5.77. The van der Waals surface area contributed by atoms with E-state index >= 15 is 0 Å². The molecule has 0 radical (unpaired) electrons. The Hall–Kier alpha value is -1.02. The molecule has 0 saturated carbocycles. The van der Waals surface area contributed by atoms with E-state index in [-0.39, 0.29) is 6.10 Å². The molecule has 0 aromatic heterocycles. The van der Waals surface area contributed by atoms with Crippen LogP contribution in [-0.2, 0) is 17.8 Å². The van der Waals surface area contributed by atoms with E-state index < -0.39 is 0 Å². The Labute approximate surface area is 90.9 Å². The highest BCUT2D eigenvalue weighted by atomic mass is 16.5. The first-order valence-electron chi connectivity index (χ1n) is 5.44. The molecule has 2 heteroatoms. The van der Waals surface area contributed by atoms with E-state index in [9.17, 15) is 5.11 Å². The summed E-state index contributed by atoms with van der Waals surface area (Å²) in [5, 5.41) is 9.99. The van der Waals surface area contributed by atoms with Crippen molar-refractivity contribution < 1.29 is 9.84 Å². The maximum absolute atomic E-state index is 9.99. The van der Waals surface area contributed by atoms with Crippen molar-refractivity contribution in [3.63, 3.8) is 0 Å². The summed E-state index contributed by atoms with van der Waals surface area (Å²) in [7, 11) is 0. The molecule has 0 saturated heterocycles. The summed E-state index contributed by atoms with van der Waals surface area (Å²) in [5.74, 6) is 0.459. The molecule has 0 fully saturated rings. The van der Waals surface area contributed by atoms with E-state index in [1.807, 2.05) is 13.8 Å². The predicted molar refractivity (Wildman–Crippen MR) is 60.3 cm³/mol. The third-order valence-corrected chi connectivity index (χ3v) is 3.55. The van der Waals surface area contributed by atoms with Crippen LogP contribution in [0.4, 0.5) is 0 Å². The molecule has 0 amide bonds. The van der Waals surface area contributed by atoms with Gasteiger partial charge in [0.2, 0.25) is 0 Å². The zero-order chi connectivity index (χ0) is 11.2. The second-order valence-electron chi connectivity index (χ2n) is 4.51. The van der Waals surface area contributed by atoms with Crippen molar-refractivity contribution in [3.05, 3.63) is 27.8 Å². The summed E-state index contributed by atoms with van der Waals surface area (Å²) in [6, 6.07) is 0. The molecule has 1 aromatic rings. The Kier molecular flexibility index (Phi) is 2.47. The average molecular weight is 206 g/mol. The van der Waals surface area contributed by atoms with E-state index in [2.05, 4.69) is 13.8 Å². The van der Waals surface area contributed by atoms with E-state index in [4.69, 9.17) is 4.74 Å². The fourth-order valence-electron chi connectivity index (χ4n) is 2.32. The Bertz CT molecular complexity index is 408. The molecule has 1 aliphatic heterocycles. The second-order valence-corrected chi connectivity index (χ2v) is 4.51. The largest absolute Gasteiger partial charge is 0.507 e. The van der Waals surface area contributed by atoms with Gasteiger partial charge < -0.3 is 9.84 Å². The first-order chi connectivity index (χ1) is 7.02. The van der Waals surface area contributed by atoms with Gasteiger partial charge in [0, 0.05) is 0 Å². The van der Waals surface area contributed by atoms with Crippen molar-refractivity contribution in [2.24, 2.45) is 0 Å². The molecule has 1 N–H and O–H groups in total. The summed E-state index contributed by atoms with van der Waals surface area (Å²) >= 11 is 0. The van der Waals surface area contributed by atoms with Gasteiger partial charge in [-0.05, 0) is 61.9 Å². The van der Waals surface area contributed by atoms with Gasteiger partial charge in [-0.15, -0.1) is 0 Å². The second kappa shape index (κ2) is 3.53. The first kappa shape index (κ1) is 10.5. The van der Waals surface area contributed by atoms with E-state index in [0.29, 0.717) is 12.4 Å². The normalized spacial score (nSPS) is 20.1. The van der Waals surface area contributed by atoms with Gasteiger partial charge in [0.25, 0.3) is 0 Å². The smallest absolute Gasteiger partial charge is 0.121 e. The highest BCUT2D eigenvalue weighted by molar-refractivity contribution is 5.54. The Balaban J connectivity index is 2.65. The number of aromatic hydroxyl groups is 1.